The minimum Gasteiger partial charge on any atom is -0.480 e. The fraction of sp³-hybridized carbons (Fsp3) is 0.429. The highest BCUT2D eigenvalue weighted by molar-refractivity contribution is 5.93. The van der Waals surface area contributed by atoms with Gasteiger partial charge < -0.3 is 20.5 Å². The number of hydrogen-bond acceptors (Lipinski definition) is 3. The molecule has 0 heterocycles. The Kier molecular flexibility index (Phi) is 5.52. The topological polar surface area (TPSA) is 87.7 Å². The van der Waals surface area contributed by atoms with Crippen molar-refractivity contribution in [2.75, 3.05) is 19.0 Å². The van der Waals surface area contributed by atoms with Crippen LogP contribution in [0.2, 0.25) is 0 Å². The van der Waals surface area contributed by atoms with Gasteiger partial charge in [0.15, 0.2) is 6.04 Å². The average molecular weight is 280 g/mol. The van der Waals surface area contributed by atoms with E-state index in [1.807, 2.05) is 32.9 Å². The lowest BCUT2D eigenvalue weighted by atomic mass is 10.1. The summed E-state index contributed by atoms with van der Waals surface area (Å²) in [6.07, 6.45) is 0. The molecule has 1 unspecified atom stereocenters. The minimum absolute atomic E-state index is 0.0887. The smallest absolute Gasteiger partial charge is 0.328 e. The van der Waals surface area contributed by atoms with Crippen LogP contribution in [0.1, 0.15) is 16.7 Å². The molecule has 1 atom stereocenters. The van der Waals surface area contributed by atoms with E-state index >= 15 is 0 Å². The Bertz CT molecular complexity index is 491. The van der Waals surface area contributed by atoms with Gasteiger partial charge in [-0.1, -0.05) is 17.7 Å². The van der Waals surface area contributed by atoms with E-state index in [4.69, 9.17) is 9.84 Å². The highest BCUT2D eigenvalue weighted by atomic mass is 16.5. The van der Waals surface area contributed by atoms with Gasteiger partial charge in [-0.15, -0.1) is 0 Å². The molecule has 0 bridgehead atoms. The maximum Gasteiger partial charge on any atom is 0.328 e. The summed E-state index contributed by atoms with van der Waals surface area (Å²) in [5.41, 5.74) is 3.65. The Morgan fingerprint density at radius 2 is 1.80 bits per heavy atom. The van der Waals surface area contributed by atoms with Crippen LogP contribution in [0.3, 0.4) is 0 Å². The van der Waals surface area contributed by atoms with Crippen molar-refractivity contribution in [2.24, 2.45) is 0 Å². The van der Waals surface area contributed by atoms with Crippen LogP contribution in [0.5, 0.6) is 0 Å². The fourth-order valence-electron chi connectivity index (χ4n) is 2.03. The molecule has 0 aliphatic heterocycles. The molecule has 6 heteroatoms. The molecule has 0 saturated carbocycles. The number of ether oxygens (including phenoxy) is 1. The van der Waals surface area contributed by atoms with Crippen molar-refractivity contribution in [3.05, 3.63) is 28.8 Å². The number of carboxylic acids is 1. The van der Waals surface area contributed by atoms with Crippen LogP contribution in [-0.2, 0) is 9.53 Å². The maximum absolute atomic E-state index is 11.9. The van der Waals surface area contributed by atoms with Crippen LogP contribution in [0.4, 0.5) is 10.5 Å². The predicted octanol–water partition coefficient (Wildman–Crippen LogP) is 1.83. The maximum atomic E-state index is 11.9. The van der Waals surface area contributed by atoms with Crippen molar-refractivity contribution in [3.63, 3.8) is 0 Å². The molecule has 1 aromatic rings. The standard InChI is InChI=1S/C14H20N2O4/c1-8-5-9(2)12(10(3)6-8)16-14(19)15-11(7-20-4)13(17)18/h5-6,11H,7H2,1-4H3,(H,17,18)(H2,15,16,19). The summed E-state index contributed by atoms with van der Waals surface area (Å²) in [7, 11) is 1.38. The summed E-state index contributed by atoms with van der Waals surface area (Å²) >= 11 is 0. The van der Waals surface area contributed by atoms with Crippen molar-refractivity contribution >= 4 is 17.7 Å². The van der Waals surface area contributed by atoms with E-state index in [0.29, 0.717) is 5.69 Å². The number of carbonyl (C=O) groups is 2. The number of carboxylic acid groups (broad SMARTS) is 1. The summed E-state index contributed by atoms with van der Waals surface area (Å²) < 4.78 is 4.76. The van der Waals surface area contributed by atoms with Crippen molar-refractivity contribution < 1.29 is 19.4 Å². The fourth-order valence-corrected chi connectivity index (χ4v) is 2.03. The Balaban J connectivity index is 2.78. The first kappa shape index (κ1) is 16.0. The number of aliphatic carboxylic acids is 1. The molecular formula is C14H20N2O4. The van der Waals surface area contributed by atoms with Crippen LogP contribution in [0.25, 0.3) is 0 Å². The second kappa shape index (κ2) is 6.91. The predicted molar refractivity (Wildman–Crippen MR) is 76.1 cm³/mol. The number of rotatable bonds is 5. The van der Waals surface area contributed by atoms with Crippen LogP contribution in [-0.4, -0.2) is 36.9 Å². The molecule has 0 fully saturated rings. The van der Waals surface area contributed by atoms with Crippen LogP contribution >= 0.6 is 0 Å². The van der Waals surface area contributed by atoms with Crippen molar-refractivity contribution in [2.45, 2.75) is 26.8 Å². The molecule has 0 aliphatic rings. The number of nitrogens with one attached hydrogen (secondary N) is 2. The number of amides is 2. The first-order chi connectivity index (χ1) is 9.35. The van der Waals surface area contributed by atoms with E-state index in [0.717, 1.165) is 16.7 Å². The lowest BCUT2D eigenvalue weighted by Crippen LogP contribution is -2.45. The number of anilines is 1. The summed E-state index contributed by atoms with van der Waals surface area (Å²) in [5, 5.41) is 14.0. The molecule has 110 valence electrons. The zero-order chi connectivity index (χ0) is 15.3. The van der Waals surface area contributed by atoms with Gasteiger partial charge in [0.2, 0.25) is 0 Å². The molecule has 6 nitrogen and oxygen atoms in total. The largest absolute Gasteiger partial charge is 0.480 e. The van der Waals surface area contributed by atoms with Gasteiger partial charge in [-0.05, 0) is 31.9 Å². The van der Waals surface area contributed by atoms with Gasteiger partial charge in [-0.3, -0.25) is 0 Å². The molecule has 0 saturated heterocycles. The van der Waals surface area contributed by atoms with Gasteiger partial charge in [0.05, 0.1) is 6.61 Å². The molecule has 1 rings (SSSR count). The van der Waals surface area contributed by atoms with E-state index in [9.17, 15) is 9.59 Å². The normalized spacial score (nSPS) is 11.8. The van der Waals surface area contributed by atoms with Crippen molar-refractivity contribution in [1.29, 1.82) is 0 Å². The van der Waals surface area contributed by atoms with E-state index in [-0.39, 0.29) is 6.61 Å². The van der Waals surface area contributed by atoms with Gasteiger partial charge in [-0.25, -0.2) is 9.59 Å². The van der Waals surface area contributed by atoms with Gasteiger partial charge >= 0.3 is 12.0 Å². The average Bonchev–Trinajstić information content (AvgIpc) is 2.33. The number of urea groups is 1. The third kappa shape index (κ3) is 4.24. The Labute approximate surface area is 118 Å². The summed E-state index contributed by atoms with van der Waals surface area (Å²) in [6, 6.07) is 2.26. The Hall–Kier alpha value is -2.08. The zero-order valence-electron chi connectivity index (χ0n) is 12.1. The Morgan fingerprint density at radius 1 is 1.25 bits per heavy atom. The summed E-state index contributed by atoms with van der Waals surface area (Å²) in [5.74, 6) is -1.14. The van der Waals surface area contributed by atoms with Crippen LogP contribution < -0.4 is 10.6 Å². The SMILES string of the molecule is COCC(NC(=O)Nc1c(C)cc(C)cc1C)C(=O)O. The van der Waals surface area contributed by atoms with E-state index in [2.05, 4.69) is 10.6 Å². The van der Waals surface area contributed by atoms with Gasteiger partial charge in [0.1, 0.15) is 0 Å². The molecule has 0 aromatic heterocycles. The highest BCUT2D eigenvalue weighted by Crippen LogP contribution is 2.21. The van der Waals surface area contributed by atoms with Crippen molar-refractivity contribution in [3.8, 4) is 0 Å². The molecule has 0 spiro atoms. The van der Waals surface area contributed by atoms with Gasteiger partial charge in [0.25, 0.3) is 0 Å². The molecule has 0 radical (unpaired) electrons. The zero-order valence-corrected chi connectivity index (χ0v) is 12.1. The molecule has 0 aliphatic carbocycles. The first-order valence-electron chi connectivity index (χ1n) is 6.22. The first-order valence-corrected chi connectivity index (χ1v) is 6.22. The van der Waals surface area contributed by atoms with E-state index in [1.54, 1.807) is 0 Å². The lowest BCUT2D eigenvalue weighted by Gasteiger charge is -2.17. The van der Waals surface area contributed by atoms with Gasteiger partial charge in [0, 0.05) is 12.8 Å². The third-order valence-electron chi connectivity index (χ3n) is 2.85. The van der Waals surface area contributed by atoms with Crippen LogP contribution in [0, 0.1) is 20.8 Å². The number of methoxy groups -OCH3 is 1. The second-order valence-electron chi connectivity index (χ2n) is 4.72. The third-order valence-corrected chi connectivity index (χ3v) is 2.85. The number of aryl methyl sites for hydroxylation is 3. The number of hydrogen-bond donors (Lipinski definition) is 3. The van der Waals surface area contributed by atoms with Gasteiger partial charge in [-0.2, -0.15) is 0 Å². The highest BCUT2D eigenvalue weighted by Gasteiger charge is 2.20. The molecule has 3 N–H and O–H groups in total. The molecular weight excluding hydrogens is 260 g/mol. The number of benzene rings is 1. The van der Waals surface area contributed by atoms with E-state index in [1.165, 1.54) is 7.11 Å². The molecule has 2 amide bonds. The summed E-state index contributed by atoms with van der Waals surface area (Å²) in [4.78, 5) is 22.8. The van der Waals surface area contributed by atoms with Crippen LogP contribution in [0.15, 0.2) is 12.1 Å². The quantitative estimate of drug-likeness (QED) is 0.768. The number of carbonyl (C=O) groups excluding carboxylic acids is 1. The lowest BCUT2D eigenvalue weighted by molar-refractivity contribution is -0.140. The van der Waals surface area contributed by atoms with Crippen molar-refractivity contribution in [1.82, 2.24) is 5.32 Å². The van der Waals surface area contributed by atoms with E-state index < -0.39 is 18.0 Å². The monoisotopic (exact) mass is 280 g/mol. The minimum atomic E-state index is -1.14. The molecule has 1 aromatic carbocycles. The summed E-state index contributed by atoms with van der Waals surface area (Å²) in [6.45, 7) is 5.66. The Morgan fingerprint density at radius 3 is 2.25 bits per heavy atom. The molecule has 20 heavy (non-hydrogen) atoms. The second-order valence-corrected chi connectivity index (χ2v) is 4.72.